The standard InChI is InChI=1S/C15H14NO4S/c1-11-7-3-6-10-14(11)21(18,19)16-15(17)12-8-4-5-9-13(12)20-2/h3-10H,1H2,2H3,(H,16,17). The van der Waals surface area contributed by atoms with E-state index in [1.807, 2.05) is 4.72 Å². The molecule has 0 aliphatic rings. The summed E-state index contributed by atoms with van der Waals surface area (Å²) < 4.78 is 31.5. The zero-order valence-corrected chi connectivity index (χ0v) is 12.2. The van der Waals surface area contributed by atoms with Crippen LogP contribution in [0.1, 0.15) is 15.9 Å². The number of carbonyl (C=O) groups is 1. The summed E-state index contributed by atoms with van der Waals surface area (Å²) >= 11 is 0. The second-order valence-corrected chi connectivity index (χ2v) is 5.89. The van der Waals surface area contributed by atoms with Crippen molar-refractivity contribution in [3.8, 4) is 5.75 Å². The third-order valence-corrected chi connectivity index (χ3v) is 4.27. The molecule has 2 aromatic rings. The van der Waals surface area contributed by atoms with Crippen LogP contribution in [-0.4, -0.2) is 21.4 Å². The van der Waals surface area contributed by atoms with E-state index in [0.717, 1.165) is 0 Å². The Kier molecular flexibility index (Phi) is 4.28. The summed E-state index contributed by atoms with van der Waals surface area (Å²) in [5.41, 5.74) is 0.461. The maximum atomic E-state index is 12.2. The van der Waals surface area contributed by atoms with Gasteiger partial charge in [0.25, 0.3) is 15.9 Å². The Hall–Kier alpha value is -2.34. The van der Waals surface area contributed by atoms with Crippen molar-refractivity contribution in [2.24, 2.45) is 0 Å². The topological polar surface area (TPSA) is 72.5 Å². The van der Waals surface area contributed by atoms with E-state index in [1.165, 1.54) is 19.2 Å². The first-order chi connectivity index (χ1) is 9.95. The summed E-state index contributed by atoms with van der Waals surface area (Å²) in [5, 5.41) is 0. The maximum absolute atomic E-state index is 12.2. The third-order valence-electron chi connectivity index (χ3n) is 2.84. The smallest absolute Gasteiger partial charge is 0.268 e. The van der Waals surface area contributed by atoms with Gasteiger partial charge in [0, 0.05) is 0 Å². The van der Waals surface area contributed by atoms with Crippen molar-refractivity contribution in [2.45, 2.75) is 4.90 Å². The number of hydrogen-bond acceptors (Lipinski definition) is 4. The molecular weight excluding hydrogens is 290 g/mol. The summed E-state index contributed by atoms with van der Waals surface area (Å²) in [7, 11) is -2.57. The fourth-order valence-corrected chi connectivity index (χ4v) is 2.97. The van der Waals surface area contributed by atoms with E-state index < -0.39 is 15.9 Å². The lowest BCUT2D eigenvalue weighted by molar-refractivity contribution is 0.0978. The van der Waals surface area contributed by atoms with Crippen LogP contribution < -0.4 is 9.46 Å². The van der Waals surface area contributed by atoms with Crippen LogP contribution in [0.3, 0.4) is 0 Å². The first-order valence-corrected chi connectivity index (χ1v) is 7.55. The first kappa shape index (κ1) is 15.1. The van der Waals surface area contributed by atoms with Gasteiger partial charge in [-0.05, 0) is 30.7 Å². The van der Waals surface area contributed by atoms with Gasteiger partial charge in [0.1, 0.15) is 5.75 Å². The molecule has 0 heterocycles. The number of methoxy groups -OCH3 is 1. The Morgan fingerprint density at radius 3 is 2.38 bits per heavy atom. The minimum absolute atomic E-state index is 0.0340. The first-order valence-electron chi connectivity index (χ1n) is 6.07. The SMILES string of the molecule is [CH2]c1ccccc1S(=O)(=O)NC(=O)c1ccccc1OC. The van der Waals surface area contributed by atoms with Crippen LogP contribution >= 0.6 is 0 Å². The number of nitrogens with one attached hydrogen (secondary N) is 1. The number of sulfonamides is 1. The predicted octanol–water partition coefficient (Wildman–Crippen LogP) is 2.00. The molecule has 0 spiro atoms. The predicted molar refractivity (Wildman–Crippen MR) is 78.5 cm³/mol. The van der Waals surface area contributed by atoms with E-state index in [1.54, 1.807) is 36.4 Å². The molecule has 6 heteroatoms. The lowest BCUT2D eigenvalue weighted by atomic mass is 10.2. The molecule has 0 saturated heterocycles. The number of amides is 1. The fourth-order valence-electron chi connectivity index (χ4n) is 1.83. The lowest BCUT2D eigenvalue weighted by Crippen LogP contribution is -2.31. The molecular formula is C15H14NO4S. The molecule has 5 nitrogen and oxygen atoms in total. The van der Waals surface area contributed by atoms with Gasteiger partial charge in [-0.3, -0.25) is 4.79 Å². The van der Waals surface area contributed by atoms with Crippen LogP contribution in [0.2, 0.25) is 0 Å². The van der Waals surface area contributed by atoms with Crippen molar-refractivity contribution >= 4 is 15.9 Å². The summed E-state index contributed by atoms with van der Waals surface area (Å²) in [6.45, 7) is 3.65. The minimum Gasteiger partial charge on any atom is -0.496 e. The molecule has 21 heavy (non-hydrogen) atoms. The molecule has 0 aliphatic heterocycles. The van der Waals surface area contributed by atoms with Crippen molar-refractivity contribution < 1.29 is 17.9 Å². The molecule has 0 aromatic heterocycles. The van der Waals surface area contributed by atoms with Gasteiger partial charge in [-0.25, -0.2) is 13.1 Å². The van der Waals surface area contributed by atoms with Crippen molar-refractivity contribution in [3.63, 3.8) is 0 Å². The highest BCUT2D eigenvalue weighted by Gasteiger charge is 2.22. The van der Waals surface area contributed by atoms with Crippen LogP contribution in [0.4, 0.5) is 0 Å². The van der Waals surface area contributed by atoms with Gasteiger partial charge in [0.05, 0.1) is 17.6 Å². The van der Waals surface area contributed by atoms with Gasteiger partial charge in [-0.1, -0.05) is 30.3 Å². The molecule has 0 fully saturated rings. The Labute approximate surface area is 123 Å². The summed E-state index contributed by atoms with van der Waals surface area (Å²) in [4.78, 5) is 12.1. The summed E-state index contributed by atoms with van der Waals surface area (Å²) in [5.74, 6) is -0.455. The zero-order valence-electron chi connectivity index (χ0n) is 11.4. The highest BCUT2D eigenvalue weighted by molar-refractivity contribution is 7.90. The molecule has 0 aliphatic carbocycles. The van der Waals surface area contributed by atoms with Crippen LogP contribution in [0.25, 0.3) is 0 Å². The lowest BCUT2D eigenvalue weighted by Gasteiger charge is -2.11. The molecule has 109 valence electrons. The van der Waals surface area contributed by atoms with Crippen molar-refractivity contribution in [2.75, 3.05) is 7.11 Å². The quantitative estimate of drug-likeness (QED) is 0.937. The Morgan fingerprint density at radius 1 is 1.10 bits per heavy atom. The van der Waals surface area contributed by atoms with Crippen LogP contribution in [0.15, 0.2) is 53.4 Å². The maximum Gasteiger partial charge on any atom is 0.268 e. The van der Waals surface area contributed by atoms with Crippen LogP contribution in [-0.2, 0) is 10.0 Å². The Morgan fingerprint density at radius 2 is 1.71 bits per heavy atom. The third kappa shape index (κ3) is 3.22. The number of benzene rings is 2. The molecule has 2 rings (SSSR count). The molecule has 2 aromatic carbocycles. The highest BCUT2D eigenvalue weighted by Crippen LogP contribution is 2.19. The number of ether oxygens (including phenoxy) is 1. The number of carbonyl (C=O) groups excluding carboxylic acids is 1. The van der Waals surface area contributed by atoms with Gasteiger partial charge in [-0.2, -0.15) is 0 Å². The van der Waals surface area contributed by atoms with Gasteiger partial charge >= 0.3 is 0 Å². The second-order valence-electron chi connectivity index (χ2n) is 4.24. The van der Waals surface area contributed by atoms with E-state index in [0.29, 0.717) is 11.3 Å². The fraction of sp³-hybridized carbons (Fsp3) is 0.0667. The van der Waals surface area contributed by atoms with Crippen molar-refractivity contribution in [3.05, 3.63) is 66.6 Å². The van der Waals surface area contributed by atoms with E-state index in [-0.39, 0.29) is 10.5 Å². The Bertz CT molecular complexity index is 769. The van der Waals surface area contributed by atoms with Crippen molar-refractivity contribution in [1.29, 1.82) is 0 Å². The number of hydrogen-bond donors (Lipinski definition) is 1. The molecule has 1 amide bonds. The van der Waals surface area contributed by atoms with E-state index >= 15 is 0 Å². The molecule has 0 saturated carbocycles. The molecule has 1 N–H and O–H groups in total. The second kappa shape index (κ2) is 5.97. The van der Waals surface area contributed by atoms with E-state index in [2.05, 4.69) is 6.92 Å². The molecule has 0 atom stereocenters. The highest BCUT2D eigenvalue weighted by atomic mass is 32.2. The number of rotatable bonds is 4. The van der Waals surface area contributed by atoms with Gasteiger partial charge in [0.2, 0.25) is 0 Å². The monoisotopic (exact) mass is 304 g/mol. The van der Waals surface area contributed by atoms with Gasteiger partial charge in [-0.15, -0.1) is 0 Å². The van der Waals surface area contributed by atoms with Crippen LogP contribution in [0, 0.1) is 6.92 Å². The molecule has 0 unspecified atom stereocenters. The van der Waals surface area contributed by atoms with Gasteiger partial charge < -0.3 is 4.74 Å². The zero-order chi connectivity index (χ0) is 15.5. The summed E-state index contributed by atoms with van der Waals surface area (Å²) in [6.07, 6.45) is 0. The minimum atomic E-state index is -3.98. The van der Waals surface area contributed by atoms with Crippen molar-refractivity contribution in [1.82, 2.24) is 4.72 Å². The Balaban J connectivity index is 2.33. The van der Waals surface area contributed by atoms with E-state index in [4.69, 9.17) is 4.74 Å². The van der Waals surface area contributed by atoms with Gasteiger partial charge in [0.15, 0.2) is 0 Å². The average Bonchev–Trinajstić information content (AvgIpc) is 2.47. The molecule has 1 radical (unpaired) electrons. The summed E-state index contributed by atoms with van der Waals surface area (Å²) in [6, 6.07) is 12.6. The molecule has 0 bridgehead atoms. The largest absolute Gasteiger partial charge is 0.496 e. The van der Waals surface area contributed by atoms with E-state index in [9.17, 15) is 13.2 Å². The average molecular weight is 304 g/mol. The van der Waals surface area contributed by atoms with Crippen LogP contribution in [0.5, 0.6) is 5.75 Å². The number of para-hydroxylation sites is 1. The normalized spacial score (nSPS) is 11.0.